The summed E-state index contributed by atoms with van der Waals surface area (Å²) in [5, 5.41) is 7.87. The van der Waals surface area contributed by atoms with E-state index in [-0.39, 0.29) is 0 Å². The Balaban J connectivity index is 1.92. The summed E-state index contributed by atoms with van der Waals surface area (Å²) in [4.78, 5) is 0. The van der Waals surface area contributed by atoms with E-state index in [0.29, 0.717) is 11.7 Å². The van der Waals surface area contributed by atoms with Gasteiger partial charge in [0.1, 0.15) is 5.82 Å². The summed E-state index contributed by atoms with van der Waals surface area (Å²) in [6, 6.07) is 3.74. The molecule has 1 aliphatic heterocycles. The van der Waals surface area contributed by atoms with E-state index in [1.807, 2.05) is 6.07 Å². The lowest BCUT2D eigenvalue weighted by molar-refractivity contribution is 0.0546. The van der Waals surface area contributed by atoms with Crippen molar-refractivity contribution in [1.29, 1.82) is 0 Å². The first-order valence-corrected chi connectivity index (χ1v) is 5.00. The van der Waals surface area contributed by atoms with Crippen molar-refractivity contribution in [3.63, 3.8) is 0 Å². The molecule has 0 aliphatic carbocycles. The SMILES string of the molecule is Nc1ccc(CC2CCCOC2)nn1. The fraction of sp³-hybridized carbons (Fsp3) is 0.600. The molecule has 0 aromatic carbocycles. The van der Waals surface area contributed by atoms with Gasteiger partial charge in [0.05, 0.1) is 5.69 Å². The fourth-order valence-corrected chi connectivity index (χ4v) is 1.74. The Morgan fingerprint density at radius 1 is 1.43 bits per heavy atom. The largest absolute Gasteiger partial charge is 0.382 e. The van der Waals surface area contributed by atoms with Gasteiger partial charge < -0.3 is 10.5 Å². The summed E-state index contributed by atoms with van der Waals surface area (Å²) in [5.74, 6) is 1.08. The number of nitrogens with zero attached hydrogens (tertiary/aromatic N) is 2. The Labute approximate surface area is 83.5 Å². The Morgan fingerprint density at radius 2 is 2.36 bits per heavy atom. The van der Waals surface area contributed by atoms with Gasteiger partial charge in [-0.2, -0.15) is 5.10 Å². The van der Waals surface area contributed by atoms with Gasteiger partial charge in [-0.15, -0.1) is 5.10 Å². The smallest absolute Gasteiger partial charge is 0.146 e. The average Bonchev–Trinajstić information content (AvgIpc) is 2.23. The third kappa shape index (κ3) is 2.42. The number of aromatic nitrogens is 2. The predicted octanol–water partition coefficient (Wildman–Crippen LogP) is 1.03. The molecule has 14 heavy (non-hydrogen) atoms. The van der Waals surface area contributed by atoms with E-state index in [2.05, 4.69) is 10.2 Å². The molecule has 76 valence electrons. The quantitative estimate of drug-likeness (QED) is 0.762. The van der Waals surface area contributed by atoms with Gasteiger partial charge in [-0.05, 0) is 37.3 Å². The van der Waals surface area contributed by atoms with Gasteiger partial charge in [0.15, 0.2) is 0 Å². The normalized spacial score (nSPS) is 22.1. The second kappa shape index (κ2) is 4.37. The van der Waals surface area contributed by atoms with Crippen molar-refractivity contribution >= 4 is 5.82 Å². The molecule has 0 amide bonds. The highest BCUT2D eigenvalue weighted by Gasteiger charge is 2.14. The molecule has 4 nitrogen and oxygen atoms in total. The molecule has 1 aliphatic rings. The number of hydrogen-bond acceptors (Lipinski definition) is 4. The van der Waals surface area contributed by atoms with Crippen molar-refractivity contribution in [3.8, 4) is 0 Å². The van der Waals surface area contributed by atoms with Crippen LogP contribution in [-0.2, 0) is 11.2 Å². The number of rotatable bonds is 2. The van der Waals surface area contributed by atoms with E-state index in [4.69, 9.17) is 10.5 Å². The molecule has 1 aromatic rings. The number of nitrogens with two attached hydrogens (primary N) is 1. The summed E-state index contributed by atoms with van der Waals surface area (Å²) >= 11 is 0. The third-order valence-electron chi connectivity index (χ3n) is 2.49. The highest BCUT2D eigenvalue weighted by atomic mass is 16.5. The molecule has 4 heteroatoms. The van der Waals surface area contributed by atoms with Crippen molar-refractivity contribution < 1.29 is 4.74 Å². The van der Waals surface area contributed by atoms with E-state index in [1.165, 1.54) is 6.42 Å². The maximum absolute atomic E-state index is 5.46. The maximum atomic E-state index is 5.46. The molecule has 1 fully saturated rings. The number of hydrogen-bond donors (Lipinski definition) is 1. The monoisotopic (exact) mass is 193 g/mol. The van der Waals surface area contributed by atoms with E-state index in [1.54, 1.807) is 6.07 Å². The molecule has 0 radical (unpaired) electrons. The number of ether oxygens (including phenoxy) is 1. The molecule has 2 N–H and O–H groups in total. The third-order valence-corrected chi connectivity index (χ3v) is 2.49. The second-order valence-corrected chi connectivity index (χ2v) is 3.74. The van der Waals surface area contributed by atoms with Crippen LogP contribution in [0, 0.1) is 5.92 Å². The van der Waals surface area contributed by atoms with Crippen molar-refractivity contribution in [2.75, 3.05) is 18.9 Å². The van der Waals surface area contributed by atoms with E-state index >= 15 is 0 Å². The molecule has 1 aromatic heterocycles. The summed E-state index contributed by atoms with van der Waals surface area (Å²) in [6.07, 6.45) is 3.34. The number of nitrogen functional groups attached to an aromatic ring is 1. The molecule has 1 saturated heterocycles. The van der Waals surface area contributed by atoms with E-state index < -0.39 is 0 Å². The minimum atomic E-state index is 0.480. The van der Waals surface area contributed by atoms with Crippen LogP contribution in [0.5, 0.6) is 0 Å². The van der Waals surface area contributed by atoms with Crippen LogP contribution in [0.1, 0.15) is 18.5 Å². The van der Waals surface area contributed by atoms with Crippen LogP contribution in [0.15, 0.2) is 12.1 Å². The van der Waals surface area contributed by atoms with Crippen LogP contribution in [-0.4, -0.2) is 23.4 Å². The summed E-state index contributed by atoms with van der Waals surface area (Å²) in [5.41, 5.74) is 6.47. The first kappa shape index (κ1) is 9.40. The standard InChI is InChI=1S/C10H15N3O/c11-10-4-3-9(12-13-10)6-8-2-1-5-14-7-8/h3-4,8H,1-2,5-7H2,(H2,11,13). The van der Waals surface area contributed by atoms with Crippen LogP contribution in [0.25, 0.3) is 0 Å². The molecule has 2 rings (SSSR count). The van der Waals surface area contributed by atoms with Gasteiger partial charge in [0, 0.05) is 13.2 Å². The molecule has 2 heterocycles. The molecule has 1 unspecified atom stereocenters. The van der Waals surface area contributed by atoms with Crippen LogP contribution >= 0.6 is 0 Å². The second-order valence-electron chi connectivity index (χ2n) is 3.74. The van der Waals surface area contributed by atoms with Gasteiger partial charge in [0.2, 0.25) is 0 Å². The fourth-order valence-electron chi connectivity index (χ4n) is 1.74. The highest BCUT2D eigenvalue weighted by molar-refractivity contribution is 5.25. The highest BCUT2D eigenvalue weighted by Crippen LogP contribution is 2.17. The zero-order valence-corrected chi connectivity index (χ0v) is 8.15. The Bertz CT molecular complexity index is 280. The molecule has 0 saturated carbocycles. The average molecular weight is 193 g/mol. The van der Waals surface area contributed by atoms with Crippen LogP contribution in [0.3, 0.4) is 0 Å². The zero-order chi connectivity index (χ0) is 9.80. The van der Waals surface area contributed by atoms with Crippen LogP contribution in [0.2, 0.25) is 0 Å². The van der Waals surface area contributed by atoms with E-state index in [0.717, 1.165) is 31.7 Å². The lowest BCUT2D eigenvalue weighted by Gasteiger charge is -2.21. The first-order chi connectivity index (χ1) is 6.84. The van der Waals surface area contributed by atoms with Gasteiger partial charge >= 0.3 is 0 Å². The van der Waals surface area contributed by atoms with Crippen LogP contribution < -0.4 is 5.73 Å². The van der Waals surface area contributed by atoms with Gasteiger partial charge in [-0.25, -0.2) is 0 Å². The summed E-state index contributed by atoms with van der Waals surface area (Å²) < 4.78 is 5.41. The van der Waals surface area contributed by atoms with Crippen LogP contribution in [0.4, 0.5) is 5.82 Å². The first-order valence-electron chi connectivity index (χ1n) is 5.00. The summed E-state index contributed by atoms with van der Waals surface area (Å²) in [7, 11) is 0. The Hall–Kier alpha value is -1.16. The molecule has 0 spiro atoms. The lowest BCUT2D eigenvalue weighted by atomic mass is 9.97. The van der Waals surface area contributed by atoms with Gasteiger partial charge in [-0.1, -0.05) is 0 Å². The van der Waals surface area contributed by atoms with Gasteiger partial charge in [0.25, 0.3) is 0 Å². The molecule has 0 bridgehead atoms. The molecule has 1 atom stereocenters. The molecular weight excluding hydrogens is 178 g/mol. The minimum absolute atomic E-state index is 0.480. The van der Waals surface area contributed by atoms with E-state index in [9.17, 15) is 0 Å². The predicted molar refractivity (Wildman–Crippen MR) is 53.7 cm³/mol. The Morgan fingerprint density at radius 3 is 3.00 bits per heavy atom. The zero-order valence-electron chi connectivity index (χ0n) is 8.15. The van der Waals surface area contributed by atoms with Crippen molar-refractivity contribution in [2.45, 2.75) is 19.3 Å². The van der Waals surface area contributed by atoms with Crippen molar-refractivity contribution in [2.24, 2.45) is 5.92 Å². The minimum Gasteiger partial charge on any atom is -0.382 e. The lowest BCUT2D eigenvalue weighted by Crippen LogP contribution is -2.19. The topological polar surface area (TPSA) is 61.0 Å². The van der Waals surface area contributed by atoms with Gasteiger partial charge in [-0.3, -0.25) is 0 Å². The molecular formula is C10H15N3O. The Kier molecular flexibility index (Phi) is 2.93. The van der Waals surface area contributed by atoms with Crippen molar-refractivity contribution in [1.82, 2.24) is 10.2 Å². The maximum Gasteiger partial charge on any atom is 0.146 e. The number of anilines is 1. The van der Waals surface area contributed by atoms with Crippen molar-refractivity contribution in [3.05, 3.63) is 17.8 Å². The summed E-state index contributed by atoms with van der Waals surface area (Å²) in [6.45, 7) is 1.76.